The van der Waals surface area contributed by atoms with Crippen molar-refractivity contribution in [3.05, 3.63) is 89.5 Å². The van der Waals surface area contributed by atoms with Crippen molar-refractivity contribution in [1.29, 1.82) is 0 Å². The van der Waals surface area contributed by atoms with Gasteiger partial charge in [0.25, 0.3) is 0 Å². The lowest BCUT2D eigenvalue weighted by atomic mass is 9.95. The van der Waals surface area contributed by atoms with Gasteiger partial charge in [0.2, 0.25) is 15.9 Å². The van der Waals surface area contributed by atoms with E-state index >= 15 is 0 Å². The maximum atomic E-state index is 13.6. The van der Waals surface area contributed by atoms with Gasteiger partial charge in [-0.25, -0.2) is 8.42 Å². The van der Waals surface area contributed by atoms with E-state index in [1.54, 1.807) is 19.2 Å². The van der Waals surface area contributed by atoms with E-state index in [1.807, 2.05) is 48.5 Å². The summed E-state index contributed by atoms with van der Waals surface area (Å²) in [4.78, 5) is 13.4. The molecule has 0 unspecified atom stereocenters. The van der Waals surface area contributed by atoms with E-state index in [2.05, 4.69) is 5.32 Å². The van der Waals surface area contributed by atoms with Crippen LogP contribution in [0, 0.1) is 0 Å². The molecule has 33 heavy (non-hydrogen) atoms. The van der Waals surface area contributed by atoms with E-state index in [-0.39, 0.29) is 23.9 Å². The van der Waals surface area contributed by atoms with Crippen molar-refractivity contribution in [3.8, 4) is 11.5 Å². The van der Waals surface area contributed by atoms with E-state index < -0.39 is 16.1 Å². The molecule has 8 heteroatoms. The third-order valence-corrected chi connectivity index (χ3v) is 7.69. The predicted molar refractivity (Wildman–Crippen MR) is 124 cm³/mol. The highest BCUT2D eigenvalue weighted by atomic mass is 32.2. The Bertz CT molecular complexity index is 1240. The molecule has 0 spiro atoms. The number of sulfonamides is 1. The molecule has 1 aliphatic heterocycles. The first-order valence-electron chi connectivity index (χ1n) is 10.6. The Balaban J connectivity index is 1.63. The first kappa shape index (κ1) is 22.8. The van der Waals surface area contributed by atoms with Crippen LogP contribution in [0.2, 0.25) is 0 Å². The fraction of sp³-hybridized carbons (Fsp3) is 0.240. The summed E-state index contributed by atoms with van der Waals surface area (Å²) >= 11 is 0. The monoisotopic (exact) mass is 466 g/mol. The molecule has 172 valence electrons. The number of amides is 1. The Kier molecular flexibility index (Phi) is 6.67. The zero-order valence-electron chi connectivity index (χ0n) is 18.5. The summed E-state index contributed by atoms with van der Waals surface area (Å²) in [5, 5.41) is 2.90. The van der Waals surface area contributed by atoms with E-state index in [9.17, 15) is 13.2 Å². The molecule has 0 fully saturated rings. The lowest BCUT2D eigenvalue weighted by molar-refractivity contribution is -0.125. The highest BCUT2D eigenvalue weighted by Gasteiger charge is 2.39. The van der Waals surface area contributed by atoms with Crippen molar-refractivity contribution in [2.24, 2.45) is 0 Å². The Morgan fingerprint density at radius 1 is 0.939 bits per heavy atom. The van der Waals surface area contributed by atoms with Crippen molar-refractivity contribution < 1.29 is 22.7 Å². The summed E-state index contributed by atoms with van der Waals surface area (Å²) in [6, 6.07) is 20.3. The van der Waals surface area contributed by atoms with Gasteiger partial charge in [-0.2, -0.15) is 4.31 Å². The Morgan fingerprint density at radius 2 is 1.61 bits per heavy atom. The molecule has 0 radical (unpaired) electrons. The zero-order chi connectivity index (χ0) is 23.4. The quantitative estimate of drug-likeness (QED) is 0.578. The summed E-state index contributed by atoms with van der Waals surface area (Å²) in [6.07, 6.45) is 0.295. The van der Waals surface area contributed by atoms with Gasteiger partial charge >= 0.3 is 0 Å². The first-order valence-corrected chi connectivity index (χ1v) is 12.0. The SMILES string of the molecule is COc1ccc(S(=O)(=O)N2Cc3ccccc3C[C@@H]2C(=O)NCc2ccccc2OC)cc1. The standard InChI is InChI=1S/C25H26N2O5S/c1-31-21-11-13-22(14-12-21)33(29,30)27-17-20-9-4-3-7-18(20)15-23(27)25(28)26-16-19-8-5-6-10-24(19)32-2/h3-14,23H,15-17H2,1-2H3,(H,26,28)/t23-/m1/s1. The number of carbonyl (C=O) groups excluding carboxylic acids is 1. The summed E-state index contributed by atoms with van der Waals surface area (Å²) in [5.74, 6) is 0.867. The Hall–Kier alpha value is -3.36. The summed E-state index contributed by atoms with van der Waals surface area (Å²) in [6.45, 7) is 0.356. The molecule has 0 aromatic heterocycles. The van der Waals surface area contributed by atoms with Crippen LogP contribution in [-0.2, 0) is 34.3 Å². The van der Waals surface area contributed by atoms with Crippen LogP contribution < -0.4 is 14.8 Å². The van der Waals surface area contributed by atoms with Gasteiger partial charge in [0.05, 0.1) is 19.1 Å². The Morgan fingerprint density at radius 3 is 2.30 bits per heavy atom. The van der Waals surface area contributed by atoms with Crippen molar-refractivity contribution in [3.63, 3.8) is 0 Å². The van der Waals surface area contributed by atoms with E-state index in [0.29, 0.717) is 17.9 Å². The van der Waals surface area contributed by atoms with E-state index in [1.165, 1.54) is 23.5 Å². The van der Waals surface area contributed by atoms with Crippen LogP contribution in [0.25, 0.3) is 0 Å². The number of ether oxygens (including phenoxy) is 2. The van der Waals surface area contributed by atoms with Crippen LogP contribution in [0.1, 0.15) is 16.7 Å². The summed E-state index contributed by atoms with van der Waals surface area (Å²) in [7, 11) is -0.835. The minimum Gasteiger partial charge on any atom is -0.497 e. The lowest BCUT2D eigenvalue weighted by Gasteiger charge is -2.35. The molecule has 1 heterocycles. The smallest absolute Gasteiger partial charge is 0.244 e. The van der Waals surface area contributed by atoms with Gasteiger partial charge in [-0.05, 0) is 47.9 Å². The zero-order valence-corrected chi connectivity index (χ0v) is 19.3. The molecule has 3 aromatic rings. The number of rotatable bonds is 7. The fourth-order valence-corrected chi connectivity index (χ4v) is 5.57. The van der Waals surface area contributed by atoms with Crippen LogP contribution in [0.3, 0.4) is 0 Å². The highest BCUT2D eigenvalue weighted by molar-refractivity contribution is 7.89. The van der Waals surface area contributed by atoms with Crippen LogP contribution in [0.4, 0.5) is 0 Å². The maximum Gasteiger partial charge on any atom is 0.244 e. The van der Waals surface area contributed by atoms with Gasteiger partial charge in [-0.1, -0.05) is 42.5 Å². The van der Waals surface area contributed by atoms with Gasteiger partial charge in [0.1, 0.15) is 17.5 Å². The molecule has 1 amide bonds. The van der Waals surface area contributed by atoms with Crippen LogP contribution >= 0.6 is 0 Å². The molecule has 1 aliphatic rings. The van der Waals surface area contributed by atoms with Crippen molar-refractivity contribution in [2.75, 3.05) is 14.2 Å². The second-order valence-electron chi connectivity index (χ2n) is 7.74. The second-order valence-corrected chi connectivity index (χ2v) is 9.63. The molecule has 1 atom stereocenters. The molecule has 3 aromatic carbocycles. The molecule has 0 saturated carbocycles. The average molecular weight is 467 g/mol. The molecule has 0 aliphatic carbocycles. The van der Waals surface area contributed by atoms with Gasteiger partial charge in [-0.3, -0.25) is 4.79 Å². The van der Waals surface area contributed by atoms with Gasteiger partial charge in [0, 0.05) is 18.7 Å². The van der Waals surface area contributed by atoms with E-state index in [4.69, 9.17) is 9.47 Å². The molecule has 7 nitrogen and oxygen atoms in total. The van der Waals surface area contributed by atoms with Crippen molar-refractivity contribution in [2.45, 2.75) is 30.4 Å². The number of carbonyl (C=O) groups is 1. The lowest BCUT2D eigenvalue weighted by Crippen LogP contribution is -2.52. The Labute approximate surface area is 194 Å². The predicted octanol–water partition coefficient (Wildman–Crippen LogP) is 3.14. The topological polar surface area (TPSA) is 84.9 Å². The van der Waals surface area contributed by atoms with Crippen LogP contribution in [0.15, 0.2) is 77.7 Å². The highest BCUT2D eigenvalue weighted by Crippen LogP contribution is 2.30. The van der Waals surface area contributed by atoms with Crippen molar-refractivity contribution in [1.82, 2.24) is 9.62 Å². The number of fused-ring (bicyclic) bond motifs is 1. The number of nitrogens with one attached hydrogen (secondary N) is 1. The fourth-order valence-electron chi connectivity index (χ4n) is 4.01. The molecular weight excluding hydrogens is 440 g/mol. The molecule has 0 bridgehead atoms. The normalized spacial score (nSPS) is 16.0. The minimum absolute atomic E-state index is 0.116. The van der Waals surface area contributed by atoms with Gasteiger partial charge in [0.15, 0.2) is 0 Å². The molecular formula is C25H26N2O5S. The van der Waals surface area contributed by atoms with Crippen LogP contribution in [-0.4, -0.2) is 38.9 Å². The third-order valence-electron chi connectivity index (χ3n) is 5.82. The minimum atomic E-state index is -3.93. The molecule has 0 saturated heterocycles. The number of hydrogen-bond donors (Lipinski definition) is 1. The third kappa shape index (κ3) is 4.72. The van der Waals surface area contributed by atoms with Crippen molar-refractivity contribution >= 4 is 15.9 Å². The second kappa shape index (κ2) is 9.64. The number of para-hydroxylation sites is 1. The van der Waals surface area contributed by atoms with Crippen LogP contribution in [0.5, 0.6) is 11.5 Å². The number of nitrogens with zero attached hydrogens (tertiary/aromatic N) is 1. The molecule has 4 rings (SSSR count). The molecule has 1 N–H and O–H groups in total. The first-order chi connectivity index (χ1) is 15.9. The summed E-state index contributed by atoms with van der Waals surface area (Å²) < 4.78 is 38.9. The number of benzene rings is 3. The average Bonchev–Trinajstić information content (AvgIpc) is 2.86. The largest absolute Gasteiger partial charge is 0.497 e. The van der Waals surface area contributed by atoms with Gasteiger partial charge in [-0.15, -0.1) is 0 Å². The number of hydrogen-bond acceptors (Lipinski definition) is 5. The maximum absolute atomic E-state index is 13.6. The number of methoxy groups -OCH3 is 2. The van der Waals surface area contributed by atoms with Gasteiger partial charge < -0.3 is 14.8 Å². The summed E-state index contributed by atoms with van der Waals surface area (Å²) in [5.41, 5.74) is 2.67. The van der Waals surface area contributed by atoms with E-state index in [0.717, 1.165) is 16.7 Å².